The van der Waals surface area contributed by atoms with Gasteiger partial charge < -0.3 is 9.84 Å². The first kappa shape index (κ1) is 13.3. The van der Waals surface area contributed by atoms with Gasteiger partial charge in [-0.15, -0.1) is 0 Å². The highest BCUT2D eigenvalue weighted by Gasteiger charge is 2.36. The predicted octanol–water partition coefficient (Wildman–Crippen LogP) is 1.78. The van der Waals surface area contributed by atoms with Crippen molar-refractivity contribution in [3.8, 4) is 5.88 Å². The maximum atomic E-state index is 9.72. The minimum absolute atomic E-state index is 0.401. The number of ether oxygens (including phenoxy) is 1. The van der Waals surface area contributed by atoms with Crippen molar-refractivity contribution in [2.75, 3.05) is 20.2 Å². The van der Waals surface area contributed by atoms with Gasteiger partial charge in [0.1, 0.15) is 0 Å². The Hall–Kier alpha value is -1.13. The van der Waals surface area contributed by atoms with E-state index in [1.807, 2.05) is 6.92 Å². The minimum atomic E-state index is -0.529. The van der Waals surface area contributed by atoms with Crippen LogP contribution in [-0.4, -0.2) is 40.8 Å². The molecule has 2 rings (SSSR count). The summed E-state index contributed by atoms with van der Waals surface area (Å²) in [4.78, 5) is 6.72. The quantitative estimate of drug-likeness (QED) is 0.885. The summed E-state index contributed by atoms with van der Waals surface area (Å²) in [5, 5.41) is 9.72. The molecule has 0 aromatic carbocycles. The number of aliphatic hydroxyl groups is 1. The first-order valence-corrected chi connectivity index (χ1v) is 6.40. The van der Waals surface area contributed by atoms with Crippen LogP contribution in [0.4, 0.5) is 0 Å². The van der Waals surface area contributed by atoms with Gasteiger partial charge in [-0.2, -0.15) is 0 Å². The Morgan fingerprint density at radius 2 is 2.11 bits per heavy atom. The number of β-amino-alcohol motifs (C(OH)–C–C–N with tert-alkyl or cyclic N) is 1. The number of methoxy groups -OCH3 is 1. The molecule has 1 aromatic heterocycles. The van der Waals surface area contributed by atoms with Crippen molar-refractivity contribution in [2.45, 2.75) is 38.8 Å². The molecule has 0 atom stereocenters. The standard InChI is InChI=1S/C14H22N2O2/c1-10(2)12-6-5-11(13(15-12)18-4)7-16-8-14(3,17)9-16/h5-6,10,17H,7-9H2,1-4H3. The molecule has 0 aliphatic carbocycles. The van der Waals surface area contributed by atoms with Crippen LogP contribution in [0.3, 0.4) is 0 Å². The molecule has 4 heteroatoms. The third-order valence-corrected chi connectivity index (χ3v) is 3.27. The fourth-order valence-electron chi connectivity index (χ4n) is 2.37. The summed E-state index contributed by atoms with van der Waals surface area (Å²) in [6, 6.07) is 4.13. The van der Waals surface area contributed by atoms with E-state index in [1.165, 1.54) is 0 Å². The first-order chi connectivity index (χ1) is 8.41. The molecule has 1 N–H and O–H groups in total. The van der Waals surface area contributed by atoms with Gasteiger partial charge in [-0.1, -0.05) is 19.9 Å². The highest BCUT2D eigenvalue weighted by Crippen LogP contribution is 2.26. The number of nitrogens with zero attached hydrogens (tertiary/aromatic N) is 2. The van der Waals surface area contributed by atoms with Gasteiger partial charge in [-0.25, -0.2) is 4.98 Å². The van der Waals surface area contributed by atoms with Crippen LogP contribution in [0.25, 0.3) is 0 Å². The average molecular weight is 250 g/mol. The zero-order valence-corrected chi connectivity index (χ0v) is 11.6. The molecule has 0 saturated carbocycles. The van der Waals surface area contributed by atoms with Gasteiger partial charge in [-0.3, -0.25) is 4.90 Å². The van der Waals surface area contributed by atoms with Crippen molar-refractivity contribution in [2.24, 2.45) is 0 Å². The number of likely N-dealkylation sites (tertiary alicyclic amines) is 1. The summed E-state index contributed by atoms with van der Waals surface area (Å²) in [5.41, 5.74) is 1.60. The monoisotopic (exact) mass is 250 g/mol. The molecule has 0 radical (unpaired) electrons. The van der Waals surface area contributed by atoms with Crippen molar-refractivity contribution in [1.29, 1.82) is 0 Å². The Morgan fingerprint density at radius 1 is 1.44 bits per heavy atom. The van der Waals surface area contributed by atoms with Crippen LogP contribution in [0.2, 0.25) is 0 Å². The molecule has 1 aromatic rings. The van der Waals surface area contributed by atoms with E-state index in [4.69, 9.17) is 4.74 Å². The lowest BCUT2D eigenvalue weighted by Gasteiger charge is -2.44. The molecule has 1 fully saturated rings. The summed E-state index contributed by atoms with van der Waals surface area (Å²) in [7, 11) is 1.65. The molecule has 0 spiro atoms. The van der Waals surface area contributed by atoms with Gasteiger partial charge in [0, 0.05) is 30.9 Å². The van der Waals surface area contributed by atoms with E-state index >= 15 is 0 Å². The molecule has 0 unspecified atom stereocenters. The normalized spacial score (nSPS) is 18.8. The van der Waals surface area contributed by atoms with E-state index in [9.17, 15) is 5.11 Å². The van der Waals surface area contributed by atoms with Gasteiger partial charge in [-0.05, 0) is 18.9 Å². The molecular formula is C14H22N2O2. The second-order valence-electron chi connectivity index (χ2n) is 5.70. The van der Waals surface area contributed by atoms with Gasteiger partial charge in [0.15, 0.2) is 0 Å². The maximum absolute atomic E-state index is 9.72. The highest BCUT2D eigenvalue weighted by atomic mass is 16.5. The maximum Gasteiger partial charge on any atom is 0.217 e. The van der Waals surface area contributed by atoms with Crippen molar-refractivity contribution >= 4 is 0 Å². The minimum Gasteiger partial charge on any atom is -0.481 e. The summed E-state index contributed by atoms with van der Waals surface area (Å²) in [5.74, 6) is 1.10. The molecule has 1 aliphatic rings. The third kappa shape index (κ3) is 2.82. The van der Waals surface area contributed by atoms with Crippen LogP contribution in [0.1, 0.15) is 37.9 Å². The van der Waals surface area contributed by atoms with Gasteiger partial charge in [0.25, 0.3) is 0 Å². The first-order valence-electron chi connectivity index (χ1n) is 6.40. The Morgan fingerprint density at radius 3 is 2.61 bits per heavy atom. The Bertz CT molecular complexity index is 422. The molecule has 2 heterocycles. The Labute approximate surface area is 109 Å². The van der Waals surface area contributed by atoms with E-state index in [0.717, 1.165) is 17.8 Å². The second kappa shape index (κ2) is 4.86. The topological polar surface area (TPSA) is 45.6 Å². The van der Waals surface area contributed by atoms with Gasteiger partial charge in [0.05, 0.1) is 12.7 Å². The predicted molar refractivity (Wildman–Crippen MR) is 70.8 cm³/mol. The van der Waals surface area contributed by atoms with Crippen molar-refractivity contribution in [3.05, 3.63) is 23.4 Å². The Kier molecular flexibility index (Phi) is 3.59. The molecule has 0 amide bonds. The number of pyridine rings is 1. The molecule has 1 aliphatic heterocycles. The second-order valence-corrected chi connectivity index (χ2v) is 5.70. The average Bonchev–Trinajstić information content (AvgIpc) is 2.26. The van der Waals surface area contributed by atoms with E-state index in [1.54, 1.807) is 7.11 Å². The van der Waals surface area contributed by atoms with E-state index in [2.05, 4.69) is 35.9 Å². The number of aromatic nitrogens is 1. The van der Waals surface area contributed by atoms with E-state index < -0.39 is 5.60 Å². The van der Waals surface area contributed by atoms with Crippen LogP contribution in [0.5, 0.6) is 5.88 Å². The summed E-state index contributed by atoms with van der Waals surface area (Å²) in [6.45, 7) is 8.30. The van der Waals surface area contributed by atoms with Crippen LogP contribution in [0, 0.1) is 0 Å². The van der Waals surface area contributed by atoms with Crippen LogP contribution >= 0.6 is 0 Å². The smallest absolute Gasteiger partial charge is 0.217 e. The molecule has 4 nitrogen and oxygen atoms in total. The molecular weight excluding hydrogens is 228 g/mol. The van der Waals surface area contributed by atoms with Crippen LogP contribution in [0.15, 0.2) is 12.1 Å². The fourth-order valence-corrected chi connectivity index (χ4v) is 2.37. The van der Waals surface area contributed by atoms with E-state index in [-0.39, 0.29) is 0 Å². The molecule has 1 saturated heterocycles. The lowest BCUT2D eigenvalue weighted by Crippen LogP contribution is -2.59. The Balaban J connectivity index is 2.09. The van der Waals surface area contributed by atoms with Crippen molar-refractivity contribution < 1.29 is 9.84 Å². The van der Waals surface area contributed by atoms with E-state index in [0.29, 0.717) is 24.9 Å². The van der Waals surface area contributed by atoms with Gasteiger partial charge in [0.2, 0.25) is 5.88 Å². The highest BCUT2D eigenvalue weighted by molar-refractivity contribution is 5.29. The number of hydrogen-bond acceptors (Lipinski definition) is 4. The summed E-state index contributed by atoms with van der Waals surface area (Å²) < 4.78 is 5.36. The lowest BCUT2D eigenvalue weighted by atomic mass is 9.96. The van der Waals surface area contributed by atoms with Crippen LogP contribution < -0.4 is 4.74 Å². The van der Waals surface area contributed by atoms with Crippen molar-refractivity contribution in [3.63, 3.8) is 0 Å². The van der Waals surface area contributed by atoms with Gasteiger partial charge >= 0.3 is 0 Å². The third-order valence-electron chi connectivity index (χ3n) is 3.27. The largest absolute Gasteiger partial charge is 0.481 e. The molecule has 100 valence electrons. The molecule has 0 bridgehead atoms. The summed E-state index contributed by atoms with van der Waals surface area (Å²) >= 11 is 0. The summed E-state index contributed by atoms with van der Waals surface area (Å²) in [6.07, 6.45) is 0. The SMILES string of the molecule is COc1nc(C(C)C)ccc1CN1CC(C)(O)C1. The van der Waals surface area contributed by atoms with Crippen molar-refractivity contribution in [1.82, 2.24) is 9.88 Å². The zero-order chi connectivity index (χ0) is 13.3. The molecule has 18 heavy (non-hydrogen) atoms. The number of hydrogen-bond donors (Lipinski definition) is 1. The number of rotatable bonds is 4. The zero-order valence-electron chi connectivity index (χ0n) is 11.6. The fraction of sp³-hybridized carbons (Fsp3) is 0.643. The van der Waals surface area contributed by atoms with Crippen LogP contribution in [-0.2, 0) is 6.54 Å². The lowest BCUT2D eigenvalue weighted by molar-refractivity contribution is -0.0873.